The minimum absolute atomic E-state index is 0.331. The van der Waals surface area contributed by atoms with Gasteiger partial charge < -0.3 is 14.4 Å². The summed E-state index contributed by atoms with van der Waals surface area (Å²) in [6, 6.07) is 14.7. The number of benzene rings is 1. The maximum Gasteiger partial charge on any atom is 0.213 e. The number of pyridine rings is 2. The molecule has 2 aliphatic rings. The van der Waals surface area contributed by atoms with E-state index in [4.69, 9.17) is 14.5 Å². The van der Waals surface area contributed by atoms with Gasteiger partial charge in [0.2, 0.25) is 5.88 Å². The van der Waals surface area contributed by atoms with Crippen molar-refractivity contribution in [2.24, 2.45) is 5.92 Å². The fraction of sp³-hybridized carbons (Fsp3) is 0.440. The molecule has 0 saturated carbocycles. The van der Waals surface area contributed by atoms with Gasteiger partial charge in [0.05, 0.1) is 25.4 Å². The van der Waals surface area contributed by atoms with Crippen LogP contribution in [0.3, 0.4) is 0 Å². The van der Waals surface area contributed by atoms with Crippen LogP contribution in [-0.4, -0.2) is 48.2 Å². The van der Waals surface area contributed by atoms with E-state index in [1.54, 1.807) is 7.11 Å². The molecule has 4 heterocycles. The van der Waals surface area contributed by atoms with Gasteiger partial charge in [0.15, 0.2) is 0 Å². The van der Waals surface area contributed by atoms with Gasteiger partial charge in [0.1, 0.15) is 11.3 Å². The molecule has 30 heavy (non-hydrogen) atoms. The van der Waals surface area contributed by atoms with E-state index >= 15 is 0 Å². The predicted octanol–water partition coefficient (Wildman–Crippen LogP) is 4.46. The van der Waals surface area contributed by atoms with Crippen molar-refractivity contribution in [2.75, 3.05) is 33.4 Å². The van der Waals surface area contributed by atoms with Crippen LogP contribution in [0.1, 0.15) is 36.3 Å². The average molecular weight is 404 g/mol. The predicted molar refractivity (Wildman–Crippen MR) is 118 cm³/mol. The summed E-state index contributed by atoms with van der Waals surface area (Å²) in [7, 11) is 1.65. The Kier molecular flexibility index (Phi) is 5.54. The molecule has 0 aliphatic carbocycles. The highest BCUT2D eigenvalue weighted by molar-refractivity contribution is 5.81. The lowest BCUT2D eigenvalue weighted by atomic mass is 9.90. The van der Waals surface area contributed by atoms with Crippen LogP contribution < -0.4 is 9.47 Å². The largest absolute Gasteiger partial charge is 0.491 e. The monoisotopic (exact) mass is 403 g/mol. The SMILES string of the molecule is COc1ccc2ncc3c(c2n1)C(CN1CCCC(CCc2ccccc2)C1)CO3. The topological polar surface area (TPSA) is 47.5 Å². The number of methoxy groups -OCH3 is 1. The van der Waals surface area contributed by atoms with Crippen LogP contribution in [0.15, 0.2) is 48.7 Å². The molecule has 2 aromatic heterocycles. The van der Waals surface area contributed by atoms with Crippen molar-refractivity contribution in [2.45, 2.75) is 31.6 Å². The Labute approximate surface area is 178 Å². The highest BCUT2D eigenvalue weighted by atomic mass is 16.5. The second-order valence-electron chi connectivity index (χ2n) is 8.56. The normalized spacial score (nSPS) is 21.4. The van der Waals surface area contributed by atoms with Gasteiger partial charge >= 0.3 is 0 Å². The number of fused-ring (bicyclic) bond motifs is 3. The van der Waals surface area contributed by atoms with E-state index in [2.05, 4.69) is 40.2 Å². The molecule has 156 valence electrons. The highest BCUT2D eigenvalue weighted by Gasteiger charge is 2.31. The summed E-state index contributed by atoms with van der Waals surface area (Å²) in [5, 5.41) is 0. The summed E-state index contributed by atoms with van der Waals surface area (Å²) >= 11 is 0. The van der Waals surface area contributed by atoms with Gasteiger partial charge in [-0.05, 0) is 49.8 Å². The fourth-order valence-electron chi connectivity index (χ4n) is 4.97. The highest BCUT2D eigenvalue weighted by Crippen LogP contribution is 2.39. The quantitative estimate of drug-likeness (QED) is 0.608. The number of aromatic nitrogens is 2. The Morgan fingerprint density at radius 3 is 2.93 bits per heavy atom. The van der Waals surface area contributed by atoms with E-state index in [0.29, 0.717) is 18.4 Å². The lowest BCUT2D eigenvalue weighted by molar-refractivity contribution is 0.153. The number of rotatable bonds is 6. The number of ether oxygens (including phenoxy) is 2. The van der Waals surface area contributed by atoms with Crippen molar-refractivity contribution >= 4 is 11.0 Å². The molecule has 5 nitrogen and oxygen atoms in total. The molecule has 0 bridgehead atoms. The maximum atomic E-state index is 6.00. The van der Waals surface area contributed by atoms with Crippen LogP contribution in [0.5, 0.6) is 11.6 Å². The zero-order valence-corrected chi connectivity index (χ0v) is 17.6. The maximum absolute atomic E-state index is 6.00. The number of hydrogen-bond acceptors (Lipinski definition) is 5. The minimum Gasteiger partial charge on any atom is -0.491 e. The van der Waals surface area contributed by atoms with Crippen LogP contribution >= 0.6 is 0 Å². The number of likely N-dealkylation sites (tertiary alicyclic amines) is 1. The van der Waals surface area contributed by atoms with Gasteiger partial charge in [0.25, 0.3) is 0 Å². The first-order chi connectivity index (χ1) is 14.8. The summed E-state index contributed by atoms with van der Waals surface area (Å²) in [4.78, 5) is 11.9. The van der Waals surface area contributed by atoms with Crippen molar-refractivity contribution in [3.63, 3.8) is 0 Å². The van der Waals surface area contributed by atoms with Gasteiger partial charge in [-0.1, -0.05) is 30.3 Å². The Bertz CT molecular complexity index is 1010. The molecule has 2 unspecified atom stereocenters. The first-order valence-corrected chi connectivity index (χ1v) is 11.0. The van der Waals surface area contributed by atoms with Crippen LogP contribution in [0, 0.1) is 5.92 Å². The van der Waals surface area contributed by atoms with Crippen LogP contribution in [0.2, 0.25) is 0 Å². The van der Waals surface area contributed by atoms with Crippen molar-refractivity contribution in [3.8, 4) is 11.6 Å². The Morgan fingerprint density at radius 1 is 1.17 bits per heavy atom. The summed E-state index contributed by atoms with van der Waals surface area (Å²) in [5.41, 5.74) is 4.48. The number of nitrogens with zero attached hydrogens (tertiary/aromatic N) is 3. The molecule has 1 saturated heterocycles. The first kappa shape index (κ1) is 19.3. The summed E-state index contributed by atoms with van der Waals surface area (Å²) in [5.74, 6) is 2.61. The van der Waals surface area contributed by atoms with Gasteiger partial charge in [0, 0.05) is 30.6 Å². The van der Waals surface area contributed by atoms with E-state index in [1.807, 2.05) is 18.3 Å². The van der Waals surface area contributed by atoms with Crippen LogP contribution in [0.25, 0.3) is 11.0 Å². The molecule has 3 aromatic rings. The van der Waals surface area contributed by atoms with E-state index in [9.17, 15) is 0 Å². The smallest absolute Gasteiger partial charge is 0.213 e. The zero-order valence-electron chi connectivity index (χ0n) is 17.6. The van der Waals surface area contributed by atoms with Crippen LogP contribution in [0.4, 0.5) is 0 Å². The molecule has 5 heteroatoms. The summed E-state index contributed by atoms with van der Waals surface area (Å²) < 4.78 is 11.4. The summed E-state index contributed by atoms with van der Waals surface area (Å²) in [6.45, 7) is 4.08. The van der Waals surface area contributed by atoms with E-state index in [1.165, 1.54) is 49.9 Å². The molecule has 0 amide bonds. The van der Waals surface area contributed by atoms with Crippen molar-refractivity contribution in [3.05, 3.63) is 59.8 Å². The molecule has 0 N–H and O–H groups in total. The second kappa shape index (κ2) is 8.60. The first-order valence-electron chi connectivity index (χ1n) is 11.0. The summed E-state index contributed by atoms with van der Waals surface area (Å²) in [6.07, 6.45) is 6.92. The van der Waals surface area contributed by atoms with Crippen molar-refractivity contribution in [1.29, 1.82) is 0 Å². The lowest BCUT2D eigenvalue weighted by Gasteiger charge is -2.34. The van der Waals surface area contributed by atoms with Crippen molar-refractivity contribution < 1.29 is 9.47 Å². The molecule has 0 spiro atoms. The molecule has 2 atom stereocenters. The molecular formula is C25H29N3O2. The third kappa shape index (κ3) is 3.99. The molecule has 0 radical (unpaired) electrons. The van der Waals surface area contributed by atoms with E-state index in [0.717, 1.165) is 29.2 Å². The zero-order chi connectivity index (χ0) is 20.3. The standard InChI is InChI=1S/C25H29N3O2/c1-29-23-12-11-21-25(27-23)24-20(17-30-22(24)14-26-21)16-28-13-5-8-19(15-28)10-9-18-6-3-2-4-7-18/h2-4,6-7,11-12,14,19-20H,5,8-10,13,15-17H2,1H3. The van der Waals surface area contributed by atoms with Crippen LogP contribution in [-0.2, 0) is 6.42 Å². The van der Waals surface area contributed by atoms with Gasteiger partial charge in [-0.25, -0.2) is 4.98 Å². The lowest BCUT2D eigenvalue weighted by Crippen LogP contribution is -2.38. The molecule has 5 rings (SSSR count). The average Bonchev–Trinajstić information content (AvgIpc) is 3.21. The molecule has 2 aliphatic heterocycles. The molecule has 1 aromatic carbocycles. The molecule has 1 fully saturated rings. The fourth-order valence-corrected chi connectivity index (χ4v) is 4.97. The minimum atomic E-state index is 0.331. The Balaban J connectivity index is 1.28. The van der Waals surface area contributed by atoms with E-state index < -0.39 is 0 Å². The van der Waals surface area contributed by atoms with E-state index in [-0.39, 0.29) is 0 Å². The van der Waals surface area contributed by atoms with Gasteiger partial charge in [-0.3, -0.25) is 4.98 Å². The third-order valence-electron chi connectivity index (χ3n) is 6.51. The van der Waals surface area contributed by atoms with Gasteiger partial charge in [-0.15, -0.1) is 0 Å². The third-order valence-corrected chi connectivity index (χ3v) is 6.51. The number of aryl methyl sites for hydroxylation is 1. The Hall–Kier alpha value is -2.66. The number of piperidine rings is 1. The molecular weight excluding hydrogens is 374 g/mol. The second-order valence-corrected chi connectivity index (χ2v) is 8.56. The van der Waals surface area contributed by atoms with Gasteiger partial charge in [-0.2, -0.15) is 0 Å². The van der Waals surface area contributed by atoms with Crippen molar-refractivity contribution in [1.82, 2.24) is 14.9 Å². The Morgan fingerprint density at radius 2 is 2.07 bits per heavy atom. The number of hydrogen-bond donors (Lipinski definition) is 0.